The molecule has 2 heterocycles. The molecule has 2 N–H and O–H groups in total. The molecular formula is C14H11N3. The number of rotatable bonds is 1. The van der Waals surface area contributed by atoms with Gasteiger partial charge in [0, 0.05) is 35.2 Å². The number of aromatic nitrogens is 2. The Kier molecular flexibility index (Phi) is 2.22. The number of fused-ring (bicyclic) bond motifs is 1. The highest BCUT2D eigenvalue weighted by atomic mass is 14.7. The zero-order chi connectivity index (χ0) is 11.7. The average Bonchev–Trinajstić information content (AvgIpc) is 2.38. The smallest absolute Gasteiger partial charge is 0.0722 e. The molecule has 3 rings (SSSR count). The van der Waals surface area contributed by atoms with Gasteiger partial charge in [-0.1, -0.05) is 12.1 Å². The summed E-state index contributed by atoms with van der Waals surface area (Å²) in [4.78, 5) is 8.44. The molecule has 0 amide bonds. The van der Waals surface area contributed by atoms with Crippen LogP contribution in [0, 0.1) is 0 Å². The maximum absolute atomic E-state index is 5.76. The summed E-state index contributed by atoms with van der Waals surface area (Å²) >= 11 is 0. The molecule has 17 heavy (non-hydrogen) atoms. The molecule has 0 atom stereocenters. The third kappa shape index (κ3) is 1.83. The van der Waals surface area contributed by atoms with Crippen LogP contribution in [0.2, 0.25) is 0 Å². The first-order valence-corrected chi connectivity index (χ1v) is 5.38. The third-order valence-corrected chi connectivity index (χ3v) is 2.72. The molecule has 0 spiro atoms. The molecule has 0 saturated heterocycles. The highest BCUT2D eigenvalue weighted by Gasteiger charge is 2.01. The Morgan fingerprint density at radius 1 is 0.882 bits per heavy atom. The van der Waals surface area contributed by atoms with E-state index >= 15 is 0 Å². The first-order valence-electron chi connectivity index (χ1n) is 5.38. The van der Waals surface area contributed by atoms with Crippen LogP contribution in [0.3, 0.4) is 0 Å². The highest BCUT2D eigenvalue weighted by Crippen LogP contribution is 2.23. The summed E-state index contributed by atoms with van der Waals surface area (Å²) in [6.07, 6.45) is 5.37. The largest absolute Gasteiger partial charge is 0.399 e. The molecule has 0 aliphatic carbocycles. The molecule has 82 valence electrons. The van der Waals surface area contributed by atoms with Crippen molar-refractivity contribution in [1.82, 2.24) is 9.97 Å². The molecule has 3 nitrogen and oxygen atoms in total. The van der Waals surface area contributed by atoms with Crippen molar-refractivity contribution in [2.75, 3.05) is 5.73 Å². The lowest BCUT2D eigenvalue weighted by Crippen LogP contribution is -1.88. The lowest BCUT2D eigenvalue weighted by molar-refractivity contribution is 1.33. The molecule has 0 saturated carbocycles. The van der Waals surface area contributed by atoms with Crippen molar-refractivity contribution < 1.29 is 0 Å². The predicted octanol–water partition coefficient (Wildman–Crippen LogP) is 2.88. The van der Waals surface area contributed by atoms with Gasteiger partial charge >= 0.3 is 0 Å². The fourth-order valence-electron chi connectivity index (χ4n) is 1.85. The van der Waals surface area contributed by atoms with Crippen molar-refractivity contribution in [3.05, 3.63) is 55.0 Å². The Hall–Kier alpha value is -2.42. The molecule has 0 aliphatic heterocycles. The van der Waals surface area contributed by atoms with E-state index in [1.807, 2.05) is 24.4 Å². The van der Waals surface area contributed by atoms with Crippen LogP contribution in [0.5, 0.6) is 0 Å². The fourth-order valence-corrected chi connectivity index (χ4v) is 1.85. The van der Waals surface area contributed by atoms with Crippen molar-refractivity contribution >= 4 is 16.5 Å². The summed E-state index contributed by atoms with van der Waals surface area (Å²) in [7, 11) is 0. The molecule has 1 aromatic carbocycles. The zero-order valence-corrected chi connectivity index (χ0v) is 9.17. The molecule has 3 aromatic rings. The normalized spacial score (nSPS) is 10.6. The number of anilines is 1. The van der Waals surface area contributed by atoms with Crippen molar-refractivity contribution in [1.29, 1.82) is 0 Å². The molecule has 0 fully saturated rings. The highest BCUT2D eigenvalue weighted by molar-refractivity contribution is 5.86. The van der Waals surface area contributed by atoms with Crippen LogP contribution in [0.15, 0.2) is 55.0 Å². The van der Waals surface area contributed by atoms with E-state index in [9.17, 15) is 0 Å². The Labute approximate surface area is 98.9 Å². The van der Waals surface area contributed by atoms with Crippen LogP contribution >= 0.6 is 0 Å². The number of nitrogen functional groups attached to an aromatic ring is 1. The quantitative estimate of drug-likeness (QED) is 0.687. The lowest BCUT2D eigenvalue weighted by Gasteiger charge is -2.03. The fraction of sp³-hybridized carbons (Fsp3) is 0. The van der Waals surface area contributed by atoms with Crippen LogP contribution in [0.25, 0.3) is 22.0 Å². The van der Waals surface area contributed by atoms with E-state index in [0.29, 0.717) is 0 Å². The molecule has 2 aromatic heterocycles. The summed E-state index contributed by atoms with van der Waals surface area (Å²) in [6, 6.07) is 11.8. The summed E-state index contributed by atoms with van der Waals surface area (Å²) in [5.74, 6) is 0. The van der Waals surface area contributed by atoms with Gasteiger partial charge in [0.25, 0.3) is 0 Å². The monoisotopic (exact) mass is 221 g/mol. The number of pyridine rings is 2. The summed E-state index contributed by atoms with van der Waals surface area (Å²) in [5.41, 5.74) is 8.42. The van der Waals surface area contributed by atoms with Crippen molar-refractivity contribution in [2.45, 2.75) is 0 Å². The Morgan fingerprint density at radius 2 is 1.82 bits per heavy atom. The first-order chi connectivity index (χ1) is 8.33. The van der Waals surface area contributed by atoms with Crippen LogP contribution in [0.1, 0.15) is 0 Å². The second-order valence-corrected chi connectivity index (χ2v) is 3.91. The average molecular weight is 221 g/mol. The van der Waals surface area contributed by atoms with Gasteiger partial charge < -0.3 is 5.73 Å². The van der Waals surface area contributed by atoms with Crippen LogP contribution in [-0.4, -0.2) is 9.97 Å². The topological polar surface area (TPSA) is 51.8 Å². The number of hydrogen-bond donors (Lipinski definition) is 1. The molecule has 0 bridgehead atoms. The maximum atomic E-state index is 5.76. The zero-order valence-electron chi connectivity index (χ0n) is 9.17. The molecule has 0 unspecified atom stereocenters. The summed E-state index contributed by atoms with van der Waals surface area (Å²) < 4.78 is 0. The van der Waals surface area contributed by atoms with E-state index < -0.39 is 0 Å². The Morgan fingerprint density at radius 3 is 2.71 bits per heavy atom. The predicted molar refractivity (Wildman–Crippen MR) is 69.4 cm³/mol. The van der Waals surface area contributed by atoms with Gasteiger partial charge in [0.05, 0.1) is 5.69 Å². The van der Waals surface area contributed by atoms with Crippen LogP contribution < -0.4 is 5.73 Å². The molecular weight excluding hydrogens is 210 g/mol. The van der Waals surface area contributed by atoms with Gasteiger partial charge in [0.2, 0.25) is 0 Å². The second-order valence-electron chi connectivity index (χ2n) is 3.91. The Balaban J connectivity index is 2.18. The van der Waals surface area contributed by atoms with Crippen molar-refractivity contribution in [3.8, 4) is 11.3 Å². The minimum Gasteiger partial charge on any atom is -0.399 e. The van der Waals surface area contributed by atoms with Gasteiger partial charge in [-0.15, -0.1) is 0 Å². The minimum absolute atomic E-state index is 0.723. The van der Waals surface area contributed by atoms with Gasteiger partial charge in [-0.3, -0.25) is 9.97 Å². The SMILES string of the molecule is Nc1ccnc(-c2ccc3ccncc3c2)c1. The van der Waals surface area contributed by atoms with E-state index in [1.54, 1.807) is 18.5 Å². The second kappa shape index (κ2) is 3.87. The molecule has 0 radical (unpaired) electrons. The van der Waals surface area contributed by atoms with E-state index in [0.717, 1.165) is 22.3 Å². The maximum Gasteiger partial charge on any atom is 0.0722 e. The number of benzene rings is 1. The van der Waals surface area contributed by atoms with Crippen molar-refractivity contribution in [3.63, 3.8) is 0 Å². The van der Waals surface area contributed by atoms with Gasteiger partial charge in [0.1, 0.15) is 0 Å². The summed E-state index contributed by atoms with van der Waals surface area (Å²) in [6.45, 7) is 0. The molecule has 3 heteroatoms. The number of hydrogen-bond acceptors (Lipinski definition) is 3. The van der Waals surface area contributed by atoms with Gasteiger partial charge in [-0.05, 0) is 29.7 Å². The molecule has 0 aliphatic rings. The van der Waals surface area contributed by atoms with E-state index in [2.05, 4.69) is 22.1 Å². The lowest BCUT2D eigenvalue weighted by atomic mass is 10.1. The van der Waals surface area contributed by atoms with Gasteiger partial charge in [0.15, 0.2) is 0 Å². The van der Waals surface area contributed by atoms with Crippen LogP contribution in [-0.2, 0) is 0 Å². The van der Waals surface area contributed by atoms with Gasteiger partial charge in [-0.2, -0.15) is 0 Å². The van der Waals surface area contributed by atoms with E-state index in [1.165, 1.54) is 5.39 Å². The standard InChI is InChI=1S/C14H11N3/c15-13-4-6-17-14(8-13)11-2-1-10-3-5-16-9-12(10)7-11/h1-9H,(H2,15,17). The van der Waals surface area contributed by atoms with Gasteiger partial charge in [-0.25, -0.2) is 0 Å². The third-order valence-electron chi connectivity index (χ3n) is 2.72. The summed E-state index contributed by atoms with van der Waals surface area (Å²) in [5, 5.41) is 2.28. The van der Waals surface area contributed by atoms with Crippen LogP contribution in [0.4, 0.5) is 5.69 Å². The first kappa shape index (κ1) is 9.78. The van der Waals surface area contributed by atoms with Crippen molar-refractivity contribution in [2.24, 2.45) is 0 Å². The van der Waals surface area contributed by atoms with E-state index in [4.69, 9.17) is 5.73 Å². The minimum atomic E-state index is 0.723. The Bertz CT molecular complexity index is 677. The number of nitrogens with two attached hydrogens (primary N) is 1. The number of nitrogens with zero attached hydrogens (tertiary/aromatic N) is 2. The van der Waals surface area contributed by atoms with E-state index in [-0.39, 0.29) is 0 Å².